The van der Waals surface area contributed by atoms with E-state index < -0.39 is 34.4 Å². The van der Waals surface area contributed by atoms with Gasteiger partial charge >= 0.3 is 16.4 Å². The average Bonchev–Trinajstić information content (AvgIpc) is 3.03. The molecule has 3 amide bonds. The number of aryl methyl sites for hydroxylation is 1. The minimum atomic E-state index is -4.82. The Kier molecular flexibility index (Phi) is 4.68. The van der Waals surface area contributed by atoms with Crippen LogP contribution in [0.2, 0.25) is 0 Å². The normalized spacial score (nSPS) is 22.6. The Morgan fingerprint density at radius 3 is 2.85 bits per heavy atom. The molecular weight excluding hydrogens is 368 g/mol. The molecule has 0 aliphatic carbocycles. The number of hydroxylamine groups is 2. The molecule has 0 aromatic carbocycles. The zero-order chi connectivity index (χ0) is 19.1. The molecule has 1 aromatic rings. The van der Waals surface area contributed by atoms with Gasteiger partial charge in [0.15, 0.2) is 0 Å². The minimum Gasteiger partial charge on any atom is -0.338 e. The molecule has 2 unspecified atom stereocenters. The summed E-state index contributed by atoms with van der Waals surface area (Å²) in [6.45, 7) is 0.136. The topological polar surface area (TPSA) is 158 Å². The van der Waals surface area contributed by atoms with Crippen LogP contribution in [0.5, 0.6) is 0 Å². The van der Waals surface area contributed by atoms with Crippen molar-refractivity contribution in [2.45, 2.75) is 31.3 Å². The molecule has 2 atom stereocenters. The zero-order valence-electron chi connectivity index (χ0n) is 13.8. The van der Waals surface area contributed by atoms with Crippen molar-refractivity contribution < 1.29 is 26.8 Å². The van der Waals surface area contributed by atoms with Gasteiger partial charge in [0, 0.05) is 26.0 Å². The molecule has 0 saturated carbocycles. The second kappa shape index (κ2) is 6.66. The van der Waals surface area contributed by atoms with Gasteiger partial charge in [-0.2, -0.15) is 13.5 Å². The first kappa shape index (κ1) is 18.3. The summed E-state index contributed by atoms with van der Waals surface area (Å²) in [5, 5.41) is 11.2. The van der Waals surface area contributed by atoms with Gasteiger partial charge in [0.05, 0.1) is 18.5 Å². The number of urea groups is 1. The van der Waals surface area contributed by atoms with Crippen molar-refractivity contribution in [1.82, 2.24) is 24.8 Å². The predicted octanol–water partition coefficient (Wildman–Crippen LogP) is -0.941. The van der Waals surface area contributed by atoms with E-state index in [0.717, 1.165) is 0 Å². The van der Waals surface area contributed by atoms with Gasteiger partial charge in [-0.25, -0.2) is 9.78 Å². The number of rotatable bonds is 5. The molecule has 2 saturated heterocycles. The summed E-state index contributed by atoms with van der Waals surface area (Å²) >= 11 is 0. The van der Waals surface area contributed by atoms with Gasteiger partial charge in [-0.3, -0.25) is 14.8 Å². The first-order chi connectivity index (χ1) is 12.2. The van der Waals surface area contributed by atoms with E-state index in [1.54, 1.807) is 24.0 Å². The molecular formula is C13H18N6O6S. The van der Waals surface area contributed by atoms with Gasteiger partial charge in [0.1, 0.15) is 11.7 Å². The van der Waals surface area contributed by atoms with Crippen LogP contribution in [0.15, 0.2) is 12.4 Å². The van der Waals surface area contributed by atoms with Gasteiger partial charge < -0.3 is 14.8 Å². The summed E-state index contributed by atoms with van der Waals surface area (Å²) in [6.07, 6.45) is 3.94. The molecule has 0 radical (unpaired) electrons. The molecule has 2 bridgehead atoms. The summed E-state index contributed by atoms with van der Waals surface area (Å²) in [4.78, 5) is 29.7. The quantitative estimate of drug-likeness (QED) is 0.335. The van der Waals surface area contributed by atoms with Crippen molar-refractivity contribution in [3.05, 3.63) is 18.2 Å². The molecule has 2 aliphatic rings. The third-order valence-corrected chi connectivity index (χ3v) is 4.69. The number of carbonyl (C=O) groups is 2. The van der Waals surface area contributed by atoms with Crippen molar-refractivity contribution in [2.24, 2.45) is 7.05 Å². The molecule has 142 valence electrons. The number of piperidine rings is 1. The number of nitrogens with zero attached hydrogens (tertiary/aromatic N) is 4. The van der Waals surface area contributed by atoms with E-state index >= 15 is 0 Å². The van der Waals surface area contributed by atoms with E-state index in [1.165, 1.54) is 4.90 Å². The van der Waals surface area contributed by atoms with Crippen LogP contribution in [0.1, 0.15) is 18.7 Å². The standard InChI is InChI=1S/C13H18N6O6S/c1-17-5-4-15-10(17)6-11(20)16-12(14)9-3-2-8-7-18(9)13(21)19(8)25-26(22,23)24/h4-5,8-9H,2-3,6-7H2,1H3,(H2,14,16,20)(H,22,23,24). The van der Waals surface area contributed by atoms with E-state index in [0.29, 0.717) is 23.7 Å². The lowest BCUT2D eigenvalue weighted by Gasteiger charge is -2.30. The van der Waals surface area contributed by atoms with Crippen molar-refractivity contribution in [3.8, 4) is 0 Å². The number of carbonyl (C=O) groups excluding carboxylic acids is 2. The van der Waals surface area contributed by atoms with Gasteiger partial charge in [-0.15, -0.1) is 4.28 Å². The lowest BCUT2D eigenvalue weighted by atomic mass is 10.00. The highest BCUT2D eigenvalue weighted by molar-refractivity contribution is 7.80. The Labute approximate surface area is 149 Å². The van der Waals surface area contributed by atoms with E-state index in [9.17, 15) is 18.0 Å². The van der Waals surface area contributed by atoms with E-state index in [1.807, 2.05) is 0 Å². The van der Waals surface area contributed by atoms with Crippen LogP contribution < -0.4 is 5.32 Å². The van der Waals surface area contributed by atoms with Crippen LogP contribution >= 0.6 is 0 Å². The number of nitrogens with one attached hydrogen (secondary N) is 2. The highest BCUT2D eigenvalue weighted by atomic mass is 32.3. The summed E-state index contributed by atoms with van der Waals surface area (Å²) in [6, 6.07) is -2.03. The van der Waals surface area contributed by atoms with Crippen LogP contribution in [-0.2, 0) is 32.9 Å². The Morgan fingerprint density at radius 2 is 2.23 bits per heavy atom. The molecule has 2 fully saturated rings. The third kappa shape index (κ3) is 3.68. The SMILES string of the molecule is Cn1ccnc1CC(=O)NC(=N)C1CCC2CN1C(=O)N2OS(=O)(=O)O. The first-order valence-corrected chi connectivity index (χ1v) is 9.13. The number of amidine groups is 1. The van der Waals surface area contributed by atoms with E-state index in [2.05, 4.69) is 14.6 Å². The van der Waals surface area contributed by atoms with Crippen LogP contribution in [0, 0.1) is 5.41 Å². The molecule has 3 heterocycles. The number of hydrogen-bond acceptors (Lipinski definition) is 7. The van der Waals surface area contributed by atoms with Crippen molar-refractivity contribution >= 4 is 28.2 Å². The van der Waals surface area contributed by atoms with Crippen molar-refractivity contribution in [2.75, 3.05) is 6.54 Å². The van der Waals surface area contributed by atoms with Crippen LogP contribution in [-0.4, -0.2) is 68.9 Å². The molecule has 1 aromatic heterocycles. The lowest BCUT2D eigenvalue weighted by molar-refractivity contribution is -0.119. The summed E-state index contributed by atoms with van der Waals surface area (Å²) in [5.74, 6) is -0.0715. The summed E-state index contributed by atoms with van der Waals surface area (Å²) < 4.78 is 36.5. The van der Waals surface area contributed by atoms with Gasteiger partial charge in [0.25, 0.3) is 0 Å². The minimum absolute atomic E-state index is 0.0207. The number of hydrogen-bond donors (Lipinski definition) is 3. The fraction of sp³-hybridized carbons (Fsp3) is 0.538. The highest BCUT2D eigenvalue weighted by Gasteiger charge is 2.48. The Balaban J connectivity index is 1.63. The van der Waals surface area contributed by atoms with Gasteiger partial charge in [0.2, 0.25) is 5.91 Å². The Hall–Kier alpha value is -2.51. The van der Waals surface area contributed by atoms with Gasteiger partial charge in [-0.05, 0) is 12.8 Å². The maximum Gasteiger partial charge on any atom is 0.418 e. The second-order valence-corrected chi connectivity index (χ2v) is 7.11. The molecule has 2 aliphatic heterocycles. The largest absolute Gasteiger partial charge is 0.418 e. The molecule has 13 heteroatoms. The summed E-state index contributed by atoms with van der Waals surface area (Å²) in [5.41, 5.74) is 0. The summed E-state index contributed by atoms with van der Waals surface area (Å²) in [7, 11) is -3.08. The second-order valence-electron chi connectivity index (χ2n) is 6.10. The van der Waals surface area contributed by atoms with Crippen LogP contribution in [0.3, 0.4) is 0 Å². The third-order valence-electron chi connectivity index (χ3n) is 4.34. The number of aromatic nitrogens is 2. The average molecular weight is 386 g/mol. The van der Waals surface area contributed by atoms with E-state index in [-0.39, 0.29) is 18.8 Å². The number of amides is 3. The highest BCUT2D eigenvalue weighted by Crippen LogP contribution is 2.30. The van der Waals surface area contributed by atoms with E-state index in [4.69, 9.17) is 9.96 Å². The monoisotopic (exact) mass is 386 g/mol. The predicted molar refractivity (Wildman–Crippen MR) is 86.2 cm³/mol. The van der Waals surface area contributed by atoms with Crippen molar-refractivity contribution in [1.29, 1.82) is 5.41 Å². The molecule has 3 rings (SSSR count). The Morgan fingerprint density at radius 1 is 1.50 bits per heavy atom. The van der Waals surface area contributed by atoms with Gasteiger partial charge in [-0.1, -0.05) is 0 Å². The first-order valence-electron chi connectivity index (χ1n) is 7.77. The lowest BCUT2D eigenvalue weighted by Crippen LogP contribution is -2.51. The molecule has 26 heavy (non-hydrogen) atoms. The molecule has 12 nitrogen and oxygen atoms in total. The Bertz CT molecular complexity index is 851. The number of imidazole rings is 1. The zero-order valence-corrected chi connectivity index (χ0v) is 14.6. The van der Waals surface area contributed by atoms with Crippen LogP contribution in [0.25, 0.3) is 0 Å². The van der Waals surface area contributed by atoms with Crippen molar-refractivity contribution in [3.63, 3.8) is 0 Å². The maximum absolute atomic E-state index is 12.3. The number of fused-ring (bicyclic) bond motifs is 2. The molecule has 3 N–H and O–H groups in total. The fourth-order valence-electron chi connectivity index (χ4n) is 3.12. The maximum atomic E-state index is 12.3. The fourth-order valence-corrected chi connectivity index (χ4v) is 3.51. The smallest absolute Gasteiger partial charge is 0.338 e. The van der Waals surface area contributed by atoms with Crippen LogP contribution in [0.4, 0.5) is 4.79 Å². The molecule has 0 spiro atoms.